The Morgan fingerprint density at radius 2 is 2.06 bits per heavy atom. The van der Waals surface area contributed by atoms with Crippen LogP contribution in [-0.4, -0.2) is 21.3 Å². The first-order valence-corrected chi connectivity index (χ1v) is 5.80. The van der Waals surface area contributed by atoms with Gasteiger partial charge in [-0.1, -0.05) is 19.3 Å². The number of nitrogens with zero attached hydrogens (tertiary/aromatic N) is 2. The lowest BCUT2D eigenvalue weighted by atomic mass is 9.89. The highest BCUT2D eigenvalue weighted by atomic mass is 16.4. The molecule has 0 aliphatic heterocycles. The largest absolute Gasteiger partial charge is 0.481 e. The summed E-state index contributed by atoms with van der Waals surface area (Å²) in [4.78, 5) is 10.4. The van der Waals surface area contributed by atoms with Crippen LogP contribution in [0.15, 0.2) is 4.42 Å². The number of carboxylic acids is 1. The van der Waals surface area contributed by atoms with Gasteiger partial charge in [0.05, 0.1) is 6.42 Å². The zero-order chi connectivity index (χ0) is 11.4. The summed E-state index contributed by atoms with van der Waals surface area (Å²) in [5.41, 5.74) is 0. The molecule has 1 aliphatic carbocycles. The van der Waals surface area contributed by atoms with E-state index in [2.05, 4.69) is 10.2 Å². The van der Waals surface area contributed by atoms with E-state index < -0.39 is 5.97 Å². The second-order valence-corrected chi connectivity index (χ2v) is 4.26. The maximum absolute atomic E-state index is 10.4. The Hall–Kier alpha value is -1.39. The van der Waals surface area contributed by atoms with E-state index >= 15 is 0 Å². The van der Waals surface area contributed by atoms with Gasteiger partial charge in [-0.3, -0.25) is 4.79 Å². The molecule has 0 saturated heterocycles. The minimum atomic E-state index is -0.836. The van der Waals surface area contributed by atoms with Crippen LogP contribution in [0.2, 0.25) is 0 Å². The minimum absolute atomic E-state index is 0.0479. The molecule has 1 aromatic rings. The fourth-order valence-corrected chi connectivity index (χ4v) is 2.10. The lowest BCUT2D eigenvalue weighted by Crippen LogP contribution is -2.04. The van der Waals surface area contributed by atoms with Gasteiger partial charge in [0.2, 0.25) is 11.8 Å². The third-order valence-electron chi connectivity index (χ3n) is 2.99. The number of hydrogen-bond donors (Lipinski definition) is 1. The van der Waals surface area contributed by atoms with Gasteiger partial charge in [0.1, 0.15) is 0 Å². The molecule has 0 unspecified atom stereocenters. The molecule has 1 fully saturated rings. The van der Waals surface area contributed by atoms with Crippen molar-refractivity contribution >= 4 is 5.97 Å². The number of carboxylic acid groups (broad SMARTS) is 1. The smallest absolute Gasteiger partial charge is 0.303 e. The van der Waals surface area contributed by atoms with E-state index in [0.717, 1.165) is 12.8 Å². The third-order valence-corrected chi connectivity index (χ3v) is 2.99. The predicted octanol–water partition coefficient (Wildman–Crippen LogP) is 2.13. The van der Waals surface area contributed by atoms with Crippen molar-refractivity contribution < 1.29 is 14.3 Å². The molecule has 0 atom stereocenters. The highest BCUT2D eigenvalue weighted by Gasteiger charge is 2.21. The van der Waals surface area contributed by atoms with E-state index in [0.29, 0.717) is 24.1 Å². The Kier molecular flexibility index (Phi) is 3.54. The summed E-state index contributed by atoms with van der Waals surface area (Å²) in [5, 5.41) is 16.4. The van der Waals surface area contributed by atoms with Gasteiger partial charge >= 0.3 is 5.97 Å². The van der Waals surface area contributed by atoms with Gasteiger partial charge in [-0.25, -0.2) is 0 Å². The van der Waals surface area contributed by atoms with Crippen molar-refractivity contribution in [3.8, 4) is 0 Å². The van der Waals surface area contributed by atoms with Crippen LogP contribution in [0.5, 0.6) is 0 Å². The highest BCUT2D eigenvalue weighted by Crippen LogP contribution is 2.31. The van der Waals surface area contributed by atoms with Gasteiger partial charge < -0.3 is 9.52 Å². The topological polar surface area (TPSA) is 76.2 Å². The molecule has 1 aromatic heterocycles. The van der Waals surface area contributed by atoms with Crippen molar-refractivity contribution in [1.29, 1.82) is 0 Å². The van der Waals surface area contributed by atoms with E-state index in [1.165, 1.54) is 19.3 Å². The maximum atomic E-state index is 10.4. The van der Waals surface area contributed by atoms with E-state index in [9.17, 15) is 4.79 Å². The highest BCUT2D eigenvalue weighted by molar-refractivity contribution is 5.66. The van der Waals surface area contributed by atoms with Crippen molar-refractivity contribution in [3.63, 3.8) is 0 Å². The number of hydrogen-bond acceptors (Lipinski definition) is 4. The van der Waals surface area contributed by atoms with E-state index in [1.54, 1.807) is 0 Å². The summed E-state index contributed by atoms with van der Waals surface area (Å²) in [6.07, 6.45) is 6.33. The molecule has 0 spiro atoms. The monoisotopic (exact) mass is 224 g/mol. The molecule has 5 nitrogen and oxygen atoms in total. The summed E-state index contributed by atoms with van der Waals surface area (Å²) in [6.45, 7) is 0. The second-order valence-electron chi connectivity index (χ2n) is 4.26. The lowest BCUT2D eigenvalue weighted by molar-refractivity contribution is -0.137. The molecule has 1 aliphatic rings. The number of aromatic nitrogens is 2. The first-order chi connectivity index (χ1) is 7.75. The average molecular weight is 224 g/mol. The third kappa shape index (κ3) is 2.81. The maximum Gasteiger partial charge on any atom is 0.303 e. The Morgan fingerprint density at radius 1 is 1.31 bits per heavy atom. The number of aliphatic carboxylic acids is 1. The summed E-state index contributed by atoms with van der Waals surface area (Å²) in [6, 6.07) is 0. The average Bonchev–Trinajstić information content (AvgIpc) is 2.76. The molecule has 0 bridgehead atoms. The van der Waals surface area contributed by atoms with Crippen molar-refractivity contribution in [1.82, 2.24) is 10.2 Å². The van der Waals surface area contributed by atoms with Gasteiger partial charge in [0, 0.05) is 12.3 Å². The molecule has 0 amide bonds. The predicted molar refractivity (Wildman–Crippen MR) is 56.1 cm³/mol. The summed E-state index contributed by atoms with van der Waals surface area (Å²) in [7, 11) is 0. The lowest BCUT2D eigenvalue weighted by Gasteiger charge is -2.17. The number of carbonyl (C=O) groups is 1. The van der Waals surface area contributed by atoms with Crippen LogP contribution in [0.3, 0.4) is 0 Å². The zero-order valence-electron chi connectivity index (χ0n) is 9.19. The van der Waals surface area contributed by atoms with E-state index in [1.807, 2.05) is 0 Å². The normalized spacial score (nSPS) is 17.5. The SMILES string of the molecule is O=C(O)CCc1nnc(C2CCCCC2)o1. The molecule has 1 heterocycles. The van der Waals surface area contributed by atoms with Crippen LogP contribution in [0, 0.1) is 0 Å². The molecule has 1 saturated carbocycles. The number of rotatable bonds is 4. The molecule has 2 rings (SSSR count). The number of aryl methyl sites for hydroxylation is 1. The van der Waals surface area contributed by atoms with Crippen LogP contribution >= 0.6 is 0 Å². The fourth-order valence-electron chi connectivity index (χ4n) is 2.10. The first kappa shape index (κ1) is 11.1. The Morgan fingerprint density at radius 3 is 2.75 bits per heavy atom. The molecule has 16 heavy (non-hydrogen) atoms. The summed E-state index contributed by atoms with van der Waals surface area (Å²) >= 11 is 0. The van der Waals surface area contributed by atoms with Crippen LogP contribution in [0.4, 0.5) is 0 Å². The van der Waals surface area contributed by atoms with Gasteiger partial charge in [-0.05, 0) is 12.8 Å². The molecular weight excluding hydrogens is 208 g/mol. The molecule has 5 heteroatoms. The Labute approximate surface area is 93.9 Å². The standard InChI is InChI=1S/C11H16N2O3/c14-10(15)7-6-9-12-13-11(16-9)8-4-2-1-3-5-8/h8H,1-7H2,(H,14,15). The second kappa shape index (κ2) is 5.09. The Bertz CT molecular complexity index is 356. The molecule has 0 radical (unpaired) electrons. The van der Waals surface area contributed by atoms with Crippen LogP contribution < -0.4 is 0 Å². The van der Waals surface area contributed by atoms with Gasteiger partial charge in [-0.15, -0.1) is 10.2 Å². The van der Waals surface area contributed by atoms with Crippen LogP contribution in [0.1, 0.15) is 56.2 Å². The van der Waals surface area contributed by atoms with Gasteiger partial charge in [0.15, 0.2) is 0 Å². The van der Waals surface area contributed by atoms with E-state index in [4.69, 9.17) is 9.52 Å². The molecule has 88 valence electrons. The summed E-state index contributed by atoms with van der Waals surface area (Å²) < 4.78 is 5.49. The van der Waals surface area contributed by atoms with Gasteiger partial charge in [-0.2, -0.15) is 0 Å². The van der Waals surface area contributed by atoms with E-state index in [-0.39, 0.29) is 6.42 Å². The van der Waals surface area contributed by atoms with Crippen molar-refractivity contribution in [2.75, 3.05) is 0 Å². The molecular formula is C11H16N2O3. The van der Waals surface area contributed by atoms with Gasteiger partial charge in [0.25, 0.3) is 0 Å². The zero-order valence-corrected chi connectivity index (χ0v) is 9.19. The quantitative estimate of drug-likeness (QED) is 0.847. The fraction of sp³-hybridized carbons (Fsp3) is 0.727. The van der Waals surface area contributed by atoms with Crippen LogP contribution in [-0.2, 0) is 11.2 Å². The van der Waals surface area contributed by atoms with Crippen molar-refractivity contribution in [2.24, 2.45) is 0 Å². The minimum Gasteiger partial charge on any atom is -0.481 e. The molecule has 0 aromatic carbocycles. The first-order valence-electron chi connectivity index (χ1n) is 5.80. The summed E-state index contributed by atoms with van der Waals surface area (Å²) in [5.74, 6) is 0.695. The van der Waals surface area contributed by atoms with Crippen LogP contribution in [0.25, 0.3) is 0 Å². The van der Waals surface area contributed by atoms with Crippen molar-refractivity contribution in [2.45, 2.75) is 50.9 Å². The Balaban J connectivity index is 1.93. The van der Waals surface area contributed by atoms with Crippen molar-refractivity contribution in [3.05, 3.63) is 11.8 Å². The molecule has 1 N–H and O–H groups in total.